The third-order valence-corrected chi connectivity index (χ3v) is 6.79. The van der Waals surface area contributed by atoms with E-state index in [1.165, 1.54) is 12.7 Å². The Hall–Kier alpha value is -4.77. The summed E-state index contributed by atoms with van der Waals surface area (Å²) in [5, 5.41) is 17.4. The number of hydrogen-bond acceptors (Lipinski definition) is 6. The highest BCUT2D eigenvalue weighted by atomic mass is 16.6. The molecule has 0 aliphatic heterocycles. The van der Waals surface area contributed by atoms with Gasteiger partial charge < -0.3 is 25.1 Å². The number of para-hydroxylation sites is 1. The first-order valence-corrected chi connectivity index (χ1v) is 13.6. The number of esters is 1. The molecule has 8 heteroatoms. The van der Waals surface area contributed by atoms with E-state index in [1.807, 2.05) is 48.7 Å². The van der Waals surface area contributed by atoms with Crippen molar-refractivity contribution < 1.29 is 19.1 Å². The molecule has 212 valence electrons. The largest absolute Gasteiger partial charge is 0.465 e. The van der Waals surface area contributed by atoms with E-state index in [0.29, 0.717) is 12.1 Å². The maximum absolute atomic E-state index is 12.9. The van der Waals surface area contributed by atoms with E-state index in [4.69, 9.17) is 9.47 Å². The first kappa shape index (κ1) is 29.2. The van der Waals surface area contributed by atoms with Crippen molar-refractivity contribution in [3.05, 3.63) is 89.6 Å². The van der Waals surface area contributed by atoms with Crippen LogP contribution in [0.5, 0.6) is 0 Å². The lowest BCUT2D eigenvalue weighted by atomic mass is 9.97. The smallest absolute Gasteiger partial charge is 0.407 e. The SMILES string of the molecule is CCc1ccc(-c2ccc(NC(C#N)[C@H](Cc3c[nH]c4ccccc34)NC(=O)OC(C)(C)C)c(C(=O)OC)c2)cc1. The fourth-order valence-corrected chi connectivity index (χ4v) is 4.70. The molecule has 0 spiro atoms. The lowest BCUT2D eigenvalue weighted by molar-refractivity contribution is 0.0501. The molecule has 4 aromatic rings. The van der Waals surface area contributed by atoms with Gasteiger partial charge >= 0.3 is 12.1 Å². The van der Waals surface area contributed by atoms with Crippen LogP contribution in [0.1, 0.15) is 49.2 Å². The van der Waals surface area contributed by atoms with E-state index in [-0.39, 0.29) is 5.56 Å². The lowest BCUT2D eigenvalue weighted by Crippen LogP contribution is -2.49. The minimum absolute atomic E-state index is 0.285. The zero-order valence-corrected chi connectivity index (χ0v) is 24.1. The number of nitrogens with zero attached hydrogens (tertiary/aromatic N) is 1. The lowest BCUT2D eigenvalue weighted by Gasteiger charge is -2.27. The molecule has 2 atom stereocenters. The number of aryl methyl sites for hydroxylation is 1. The third-order valence-electron chi connectivity index (χ3n) is 6.79. The number of amides is 1. The molecule has 0 aliphatic carbocycles. The second kappa shape index (κ2) is 12.6. The van der Waals surface area contributed by atoms with Crippen LogP contribution in [-0.4, -0.2) is 41.8 Å². The van der Waals surface area contributed by atoms with Crippen LogP contribution in [-0.2, 0) is 22.3 Å². The third kappa shape index (κ3) is 7.25. The Morgan fingerprint density at radius 1 is 1.02 bits per heavy atom. The fraction of sp³-hybridized carbons (Fsp3) is 0.303. The molecule has 41 heavy (non-hydrogen) atoms. The Kier molecular flexibility index (Phi) is 8.98. The van der Waals surface area contributed by atoms with Gasteiger partial charge in [-0.3, -0.25) is 0 Å². The predicted molar refractivity (Wildman–Crippen MR) is 161 cm³/mol. The number of alkyl carbamates (subject to hydrolysis) is 1. The summed E-state index contributed by atoms with van der Waals surface area (Å²) in [5.41, 5.74) is 4.90. The van der Waals surface area contributed by atoms with Crippen molar-refractivity contribution in [2.24, 2.45) is 0 Å². The minimum Gasteiger partial charge on any atom is -0.465 e. The van der Waals surface area contributed by atoms with Crippen LogP contribution in [0.2, 0.25) is 0 Å². The number of carbonyl (C=O) groups excluding carboxylic acids is 2. The number of H-pyrrole nitrogens is 1. The van der Waals surface area contributed by atoms with Crippen molar-refractivity contribution in [2.75, 3.05) is 12.4 Å². The molecule has 0 fully saturated rings. The Labute approximate surface area is 240 Å². The number of carbonyl (C=O) groups is 2. The van der Waals surface area contributed by atoms with Crippen molar-refractivity contribution in [3.63, 3.8) is 0 Å². The first-order valence-electron chi connectivity index (χ1n) is 13.6. The van der Waals surface area contributed by atoms with Gasteiger partial charge in [0.2, 0.25) is 0 Å². The summed E-state index contributed by atoms with van der Waals surface area (Å²) in [6.45, 7) is 7.43. The topological polar surface area (TPSA) is 116 Å². The summed E-state index contributed by atoms with van der Waals surface area (Å²) in [4.78, 5) is 29.0. The van der Waals surface area contributed by atoms with Crippen LogP contribution in [0, 0.1) is 11.3 Å². The van der Waals surface area contributed by atoms with E-state index < -0.39 is 29.7 Å². The second-order valence-electron chi connectivity index (χ2n) is 10.9. The van der Waals surface area contributed by atoms with Crippen LogP contribution >= 0.6 is 0 Å². The first-order chi connectivity index (χ1) is 19.6. The Bertz CT molecular complexity index is 1560. The highest BCUT2D eigenvalue weighted by Gasteiger charge is 2.28. The summed E-state index contributed by atoms with van der Waals surface area (Å²) in [6, 6.07) is 22.1. The number of aromatic amines is 1. The minimum atomic E-state index is -0.908. The van der Waals surface area contributed by atoms with Crippen LogP contribution in [0.15, 0.2) is 72.9 Å². The molecule has 1 heterocycles. The number of aromatic nitrogens is 1. The summed E-state index contributed by atoms with van der Waals surface area (Å²) < 4.78 is 10.6. The molecule has 1 amide bonds. The molecule has 1 aromatic heterocycles. The van der Waals surface area contributed by atoms with E-state index in [9.17, 15) is 14.9 Å². The van der Waals surface area contributed by atoms with Gasteiger partial charge in [-0.1, -0.05) is 55.5 Å². The fourth-order valence-electron chi connectivity index (χ4n) is 4.70. The van der Waals surface area contributed by atoms with Crippen LogP contribution in [0.4, 0.5) is 10.5 Å². The molecule has 0 saturated carbocycles. The molecule has 3 aromatic carbocycles. The highest BCUT2D eigenvalue weighted by molar-refractivity contribution is 5.97. The van der Waals surface area contributed by atoms with Crippen molar-refractivity contribution in [3.8, 4) is 17.2 Å². The van der Waals surface area contributed by atoms with E-state index >= 15 is 0 Å². The molecular formula is C33H36N4O4. The van der Waals surface area contributed by atoms with Gasteiger partial charge in [0.05, 0.1) is 24.8 Å². The normalized spacial score (nSPS) is 12.7. The summed E-state index contributed by atoms with van der Waals surface area (Å²) in [7, 11) is 1.32. The number of nitrogens with one attached hydrogen (secondary N) is 3. The molecule has 3 N–H and O–H groups in total. The van der Waals surface area contributed by atoms with Gasteiger partial charge in [0, 0.05) is 22.8 Å². The van der Waals surface area contributed by atoms with Crippen molar-refractivity contribution in [2.45, 2.75) is 58.2 Å². The van der Waals surface area contributed by atoms with Gasteiger partial charge in [0.15, 0.2) is 0 Å². The quantitative estimate of drug-likeness (QED) is 0.201. The van der Waals surface area contributed by atoms with Gasteiger partial charge in [-0.05, 0) is 74.1 Å². The maximum Gasteiger partial charge on any atom is 0.407 e. The van der Waals surface area contributed by atoms with Crippen molar-refractivity contribution in [1.82, 2.24) is 10.3 Å². The van der Waals surface area contributed by atoms with Crippen molar-refractivity contribution in [1.29, 1.82) is 5.26 Å². The molecule has 0 saturated heterocycles. The number of benzene rings is 3. The molecule has 0 bridgehead atoms. The zero-order chi connectivity index (χ0) is 29.6. The van der Waals surface area contributed by atoms with Gasteiger partial charge in [0.1, 0.15) is 11.6 Å². The number of fused-ring (bicyclic) bond motifs is 1. The van der Waals surface area contributed by atoms with Crippen molar-refractivity contribution >= 4 is 28.7 Å². The second-order valence-corrected chi connectivity index (χ2v) is 10.9. The molecule has 4 rings (SSSR count). The predicted octanol–water partition coefficient (Wildman–Crippen LogP) is 6.62. The van der Waals surface area contributed by atoms with Gasteiger partial charge in [0.25, 0.3) is 0 Å². The maximum atomic E-state index is 12.9. The molecule has 0 aliphatic rings. The van der Waals surface area contributed by atoms with Gasteiger partial charge in [-0.2, -0.15) is 5.26 Å². The summed E-state index contributed by atoms with van der Waals surface area (Å²) >= 11 is 0. The summed E-state index contributed by atoms with van der Waals surface area (Å²) in [6.07, 6.45) is 2.51. The monoisotopic (exact) mass is 552 g/mol. The number of anilines is 1. The Morgan fingerprint density at radius 2 is 1.73 bits per heavy atom. The Balaban J connectivity index is 1.67. The van der Waals surface area contributed by atoms with Gasteiger partial charge in [-0.15, -0.1) is 0 Å². The van der Waals surface area contributed by atoms with E-state index in [1.54, 1.807) is 32.9 Å². The summed E-state index contributed by atoms with van der Waals surface area (Å²) in [5.74, 6) is -0.538. The number of methoxy groups -OCH3 is 1. The molecule has 0 radical (unpaired) electrons. The van der Waals surface area contributed by atoms with E-state index in [2.05, 4.69) is 40.7 Å². The van der Waals surface area contributed by atoms with Crippen LogP contribution in [0.25, 0.3) is 22.0 Å². The number of ether oxygens (including phenoxy) is 2. The van der Waals surface area contributed by atoms with Gasteiger partial charge in [-0.25, -0.2) is 9.59 Å². The van der Waals surface area contributed by atoms with Crippen LogP contribution in [0.3, 0.4) is 0 Å². The van der Waals surface area contributed by atoms with Crippen LogP contribution < -0.4 is 10.6 Å². The zero-order valence-electron chi connectivity index (χ0n) is 24.1. The highest BCUT2D eigenvalue weighted by Crippen LogP contribution is 2.28. The number of nitriles is 1. The molecule has 1 unspecified atom stereocenters. The standard InChI is InChI=1S/C33H36N4O4/c1-6-21-11-13-22(14-12-21)23-15-16-28(26(17-23)31(38)40-5)36-30(19-34)29(37-32(39)41-33(2,3)4)18-24-20-35-27-10-8-7-9-25(24)27/h7-17,20,29-30,35-36H,6,18H2,1-5H3,(H,37,39)/t29-,30?/m0/s1. The molecule has 8 nitrogen and oxygen atoms in total. The average Bonchev–Trinajstić information content (AvgIpc) is 3.37. The Morgan fingerprint density at radius 3 is 2.39 bits per heavy atom. The van der Waals surface area contributed by atoms with E-state index in [0.717, 1.165) is 34.0 Å². The molecular weight excluding hydrogens is 516 g/mol. The number of hydrogen-bond donors (Lipinski definition) is 3. The average molecular weight is 553 g/mol. The number of rotatable bonds is 9.